The molecule has 0 aliphatic carbocycles. The van der Waals surface area contributed by atoms with Gasteiger partial charge in [-0.3, -0.25) is 0 Å². The Bertz CT molecular complexity index is 328. The molecule has 0 fully saturated rings. The quantitative estimate of drug-likeness (QED) is 0.457. The van der Waals surface area contributed by atoms with Crippen molar-refractivity contribution in [3.63, 3.8) is 0 Å². The fourth-order valence-corrected chi connectivity index (χ4v) is 0.832. The van der Waals surface area contributed by atoms with E-state index < -0.39 is 28.9 Å². The Hall–Kier alpha value is -1.52. The fraction of sp³-hybridized carbons (Fsp3) is 0.667. The summed E-state index contributed by atoms with van der Waals surface area (Å²) in [6, 6.07) is 0. The highest BCUT2D eigenvalue weighted by molar-refractivity contribution is 5.94. The first-order chi connectivity index (χ1) is 7.41. The van der Waals surface area contributed by atoms with Gasteiger partial charge in [0, 0.05) is 0 Å². The smallest absolute Gasteiger partial charge is 0.374 e. The zero-order chi connectivity index (χ0) is 13.9. The van der Waals surface area contributed by atoms with Gasteiger partial charge in [-0.15, -0.1) is 0 Å². The van der Waals surface area contributed by atoms with Gasteiger partial charge < -0.3 is 14.6 Å². The van der Waals surface area contributed by atoms with Crippen molar-refractivity contribution in [3.05, 3.63) is 11.8 Å². The number of ether oxygens (including phenoxy) is 2. The maximum atomic E-state index is 11.3. The van der Waals surface area contributed by atoms with Crippen LogP contribution in [0.25, 0.3) is 0 Å². The minimum atomic E-state index is -0.955. The first kappa shape index (κ1) is 15.5. The predicted octanol–water partition coefficient (Wildman–Crippen LogP) is 2.11. The lowest BCUT2D eigenvalue weighted by atomic mass is 10.2. The van der Waals surface area contributed by atoms with Gasteiger partial charge in [0.2, 0.25) is 5.76 Å². The number of esters is 2. The van der Waals surface area contributed by atoms with Crippen LogP contribution < -0.4 is 0 Å². The molecule has 0 aromatic heterocycles. The van der Waals surface area contributed by atoms with Crippen molar-refractivity contribution in [3.8, 4) is 0 Å². The summed E-state index contributed by atoms with van der Waals surface area (Å²) < 4.78 is 9.77. The van der Waals surface area contributed by atoms with Gasteiger partial charge in [0.15, 0.2) is 0 Å². The van der Waals surface area contributed by atoms with E-state index in [4.69, 9.17) is 9.47 Å². The van der Waals surface area contributed by atoms with Crippen LogP contribution in [0.5, 0.6) is 0 Å². The molecule has 1 N–H and O–H groups in total. The molecule has 0 spiro atoms. The second kappa shape index (κ2) is 5.21. The molecule has 0 amide bonds. The molecule has 0 saturated carbocycles. The molecule has 0 bridgehead atoms. The number of carbonyl (C=O) groups excluding carboxylic acids is 2. The van der Waals surface area contributed by atoms with Crippen molar-refractivity contribution in [2.45, 2.75) is 52.7 Å². The normalized spacial score (nSPS) is 13.2. The molecule has 5 heteroatoms. The van der Waals surface area contributed by atoms with Crippen molar-refractivity contribution in [1.29, 1.82) is 0 Å². The van der Waals surface area contributed by atoms with Crippen molar-refractivity contribution >= 4 is 11.9 Å². The molecule has 0 unspecified atom stereocenters. The Morgan fingerprint density at radius 3 is 1.71 bits per heavy atom. The average Bonchev–Trinajstić information content (AvgIpc) is 1.95. The fourth-order valence-electron chi connectivity index (χ4n) is 0.832. The number of rotatable bonds is 2. The van der Waals surface area contributed by atoms with Gasteiger partial charge >= 0.3 is 11.9 Å². The molecular weight excluding hydrogens is 224 g/mol. The highest BCUT2D eigenvalue weighted by atomic mass is 16.6. The monoisotopic (exact) mass is 244 g/mol. The van der Waals surface area contributed by atoms with E-state index in [1.807, 2.05) is 0 Å². The van der Waals surface area contributed by atoms with E-state index in [1.54, 1.807) is 41.5 Å². The van der Waals surface area contributed by atoms with E-state index in [0.29, 0.717) is 6.08 Å². The Morgan fingerprint density at radius 1 is 0.941 bits per heavy atom. The summed E-state index contributed by atoms with van der Waals surface area (Å²) in [5.74, 6) is -2.52. The molecule has 0 aliphatic rings. The molecular formula is C12H20O5. The molecule has 0 aromatic carbocycles. The number of aliphatic hydroxyl groups is 1. The van der Waals surface area contributed by atoms with Crippen LogP contribution in [-0.2, 0) is 19.1 Å². The van der Waals surface area contributed by atoms with Crippen molar-refractivity contribution < 1.29 is 24.2 Å². The molecule has 5 nitrogen and oxygen atoms in total. The first-order valence-corrected chi connectivity index (χ1v) is 5.28. The molecule has 0 aromatic rings. The van der Waals surface area contributed by atoms with Crippen LogP contribution in [0.15, 0.2) is 11.8 Å². The van der Waals surface area contributed by atoms with E-state index in [0.717, 1.165) is 0 Å². The van der Waals surface area contributed by atoms with Gasteiger partial charge in [-0.05, 0) is 41.5 Å². The van der Waals surface area contributed by atoms with Gasteiger partial charge in [0.25, 0.3) is 0 Å². The topological polar surface area (TPSA) is 72.8 Å². The Balaban J connectivity index is 4.55. The molecule has 0 atom stereocenters. The molecule has 98 valence electrons. The van der Waals surface area contributed by atoms with Gasteiger partial charge in [0.05, 0.1) is 6.08 Å². The summed E-state index contributed by atoms with van der Waals surface area (Å²) in [4.78, 5) is 22.6. The molecule has 0 radical (unpaired) electrons. The zero-order valence-electron chi connectivity index (χ0n) is 11.2. The lowest BCUT2D eigenvalue weighted by molar-refractivity contribution is -0.155. The van der Waals surface area contributed by atoms with Crippen LogP contribution in [0.3, 0.4) is 0 Å². The first-order valence-electron chi connectivity index (χ1n) is 5.28. The molecule has 17 heavy (non-hydrogen) atoms. The number of carbonyl (C=O) groups is 2. The summed E-state index contributed by atoms with van der Waals surface area (Å²) >= 11 is 0. The van der Waals surface area contributed by atoms with Gasteiger partial charge in [-0.25, -0.2) is 9.59 Å². The lowest BCUT2D eigenvalue weighted by Crippen LogP contribution is -2.26. The van der Waals surface area contributed by atoms with Gasteiger partial charge in [-0.2, -0.15) is 0 Å². The van der Waals surface area contributed by atoms with E-state index in [2.05, 4.69) is 0 Å². The van der Waals surface area contributed by atoms with E-state index in [9.17, 15) is 14.7 Å². The Labute approximate surface area is 101 Å². The summed E-state index contributed by atoms with van der Waals surface area (Å²) in [5.41, 5.74) is -1.41. The van der Waals surface area contributed by atoms with E-state index in [1.165, 1.54) is 0 Å². The van der Waals surface area contributed by atoms with E-state index >= 15 is 0 Å². The van der Waals surface area contributed by atoms with Crippen LogP contribution in [0.1, 0.15) is 41.5 Å². The summed E-state index contributed by atoms with van der Waals surface area (Å²) in [5, 5.41) is 9.33. The third-order valence-electron chi connectivity index (χ3n) is 1.27. The number of hydrogen-bond acceptors (Lipinski definition) is 5. The third-order valence-corrected chi connectivity index (χ3v) is 1.27. The lowest BCUT2D eigenvalue weighted by Gasteiger charge is -2.20. The maximum absolute atomic E-state index is 11.3. The van der Waals surface area contributed by atoms with E-state index in [-0.39, 0.29) is 0 Å². The maximum Gasteiger partial charge on any atom is 0.374 e. The Kier molecular flexibility index (Phi) is 4.74. The Morgan fingerprint density at radius 2 is 1.35 bits per heavy atom. The summed E-state index contributed by atoms with van der Waals surface area (Å²) in [6.07, 6.45) is 0.708. The minimum Gasteiger partial charge on any atom is -0.502 e. The van der Waals surface area contributed by atoms with Crippen molar-refractivity contribution in [2.75, 3.05) is 0 Å². The second-order valence-electron chi connectivity index (χ2n) is 5.56. The van der Waals surface area contributed by atoms with Gasteiger partial charge in [0.1, 0.15) is 11.2 Å². The zero-order valence-corrected chi connectivity index (χ0v) is 11.2. The standard InChI is InChI=1S/C12H20O5/c1-11(2,3)16-9(14)7-8(13)10(15)17-12(4,5)6/h7,13H,1-6H3/b8-7+. The van der Waals surface area contributed by atoms with Crippen LogP contribution in [0, 0.1) is 0 Å². The highest BCUT2D eigenvalue weighted by Crippen LogP contribution is 2.11. The minimum absolute atomic E-state index is 0.679. The third kappa shape index (κ3) is 8.30. The highest BCUT2D eigenvalue weighted by Gasteiger charge is 2.21. The van der Waals surface area contributed by atoms with Crippen LogP contribution >= 0.6 is 0 Å². The summed E-state index contributed by atoms with van der Waals surface area (Å²) in [6.45, 7) is 10.0. The largest absolute Gasteiger partial charge is 0.502 e. The average molecular weight is 244 g/mol. The van der Waals surface area contributed by atoms with Crippen LogP contribution in [-0.4, -0.2) is 28.2 Å². The number of hydrogen-bond donors (Lipinski definition) is 1. The predicted molar refractivity (Wildman–Crippen MR) is 62.4 cm³/mol. The van der Waals surface area contributed by atoms with Gasteiger partial charge in [-0.1, -0.05) is 0 Å². The molecule has 0 heterocycles. The molecule has 0 saturated heterocycles. The molecule has 0 aliphatic heterocycles. The summed E-state index contributed by atoms with van der Waals surface area (Å²) in [7, 11) is 0. The SMILES string of the molecule is CC(C)(C)OC(=O)/C=C(/O)C(=O)OC(C)(C)C. The molecule has 0 rings (SSSR count). The van der Waals surface area contributed by atoms with Crippen LogP contribution in [0.2, 0.25) is 0 Å². The number of aliphatic hydroxyl groups excluding tert-OH is 1. The van der Waals surface area contributed by atoms with Crippen LogP contribution in [0.4, 0.5) is 0 Å². The van der Waals surface area contributed by atoms with Crippen molar-refractivity contribution in [1.82, 2.24) is 0 Å². The second-order valence-corrected chi connectivity index (χ2v) is 5.56. The van der Waals surface area contributed by atoms with Crippen molar-refractivity contribution in [2.24, 2.45) is 0 Å².